The molecule has 4 amide bonds. The van der Waals surface area contributed by atoms with Crippen molar-refractivity contribution in [3.05, 3.63) is 83.8 Å². The van der Waals surface area contributed by atoms with Crippen LogP contribution in [0.2, 0.25) is 0 Å². The van der Waals surface area contributed by atoms with Gasteiger partial charge >= 0.3 is 12.0 Å². The van der Waals surface area contributed by atoms with Crippen LogP contribution in [0.4, 0.5) is 16.2 Å². The third-order valence-electron chi connectivity index (χ3n) is 5.54. The summed E-state index contributed by atoms with van der Waals surface area (Å²) in [7, 11) is 0. The molecule has 0 unspecified atom stereocenters. The average Bonchev–Trinajstić information content (AvgIpc) is 3.42. The first-order chi connectivity index (χ1) is 16.9. The lowest BCUT2D eigenvalue weighted by Gasteiger charge is -2.20. The van der Waals surface area contributed by atoms with E-state index in [1.807, 2.05) is 13.0 Å². The van der Waals surface area contributed by atoms with Gasteiger partial charge in [-0.3, -0.25) is 9.59 Å². The normalized spacial score (nSPS) is 15.4. The zero-order valence-corrected chi connectivity index (χ0v) is 19.4. The SMILES string of the molecule is CCOC(=O)c1ccc(NC(=O)C[C@@H]2C(=O)N(c3cccc(C)c3)C(=O)N2Cc2ccco2)cc1. The Bertz CT molecular complexity index is 1240. The summed E-state index contributed by atoms with van der Waals surface area (Å²) in [6, 6.07) is 15.2. The minimum absolute atomic E-state index is 0.0477. The minimum atomic E-state index is -1.01. The fraction of sp³-hybridized carbons (Fsp3) is 0.231. The van der Waals surface area contributed by atoms with Gasteiger partial charge in [-0.05, 0) is 67.9 Å². The molecule has 1 N–H and O–H groups in total. The molecular weight excluding hydrogens is 450 g/mol. The Labute approximate surface area is 202 Å². The quantitative estimate of drug-likeness (QED) is 0.388. The van der Waals surface area contributed by atoms with E-state index in [0.717, 1.165) is 10.5 Å². The molecule has 9 nitrogen and oxygen atoms in total. The van der Waals surface area contributed by atoms with Crippen LogP contribution >= 0.6 is 0 Å². The topological polar surface area (TPSA) is 109 Å². The number of carbonyl (C=O) groups excluding carboxylic acids is 4. The zero-order valence-electron chi connectivity index (χ0n) is 19.4. The molecule has 1 aliphatic rings. The van der Waals surface area contributed by atoms with Gasteiger partial charge in [-0.15, -0.1) is 0 Å². The first-order valence-corrected chi connectivity index (χ1v) is 11.2. The molecule has 9 heteroatoms. The number of nitrogens with one attached hydrogen (secondary N) is 1. The van der Waals surface area contributed by atoms with E-state index >= 15 is 0 Å². The fourth-order valence-electron chi connectivity index (χ4n) is 3.88. The molecular formula is C26H25N3O6. The number of furan rings is 1. The number of aryl methyl sites for hydroxylation is 1. The van der Waals surface area contributed by atoms with E-state index in [4.69, 9.17) is 9.15 Å². The van der Waals surface area contributed by atoms with Crippen LogP contribution in [0.25, 0.3) is 0 Å². The molecule has 3 aromatic rings. The Morgan fingerprint density at radius 3 is 2.49 bits per heavy atom. The van der Waals surface area contributed by atoms with Crippen LogP contribution in [-0.4, -0.2) is 41.4 Å². The summed E-state index contributed by atoms with van der Waals surface area (Å²) in [6.07, 6.45) is 1.24. The number of hydrogen-bond donors (Lipinski definition) is 1. The molecule has 35 heavy (non-hydrogen) atoms. The highest BCUT2D eigenvalue weighted by molar-refractivity contribution is 6.22. The van der Waals surface area contributed by atoms with Crippen molar-refractivity contribution in [1.82, 2.24) is 4.90 Å². The zero-order chi connectivity index (χ0) is 24.9. The van der Waals surface area contributed by atoms with E-state index in [1.54, 1.807) is 61.5 Å². The van der Waals surface area contributed by atoms with Crippen LogP contribution in [-0.2, 0) is 20.9 Å². The molecule has 0 spiro atoms. The molecule has 1 fully saturated rings. The van der Waals surface area contributed by atoms with E-state index in [2.05, 4.69) is 5.32 Å². The summed E-state index contributed by atoms with van der Waals surface area (Å²) in [6.45, 7) is 3.90. The van der Waals surface area contributed by atoms with E-state index in [-0.39, 0.29) is 19.6 Å². The Hall–Kier alpha value is -4.40. The number of imide groups is 1. The van der Waals surface area contributed by atoms with Gasteiger partial charge in [0.15, 0.2) is 0 Å². The summed E-state index contributed by atoms with van der Waals surface area (Å²) < 4.78 is 10.3. The first kappa shape index (κ1) is 23.7. The maximum atomic E-state index is 13.3. The molecule has 4 rings (SSSR count). The maximum Gasteiger partial charge on any atom is 0.338 e. The number of carbonyl (C=O) groups is 4. The summed E-state index contributed by atoms with van der Waals surface area (Å²) in [5, 5.41) is 2.72. The minimum Gasteiger partial charge on any atom is -0.467 e. The van der Waals surface area contributed by atoms with Gasteiger partial charge in [0, 0.05) is 5.69 Å². The second-order valence-electron chi connectivity index (χ2n) is 8.07. The summed E-state index contributed by atoms with van der Waals surface area (Å²) in [5.74, 6) is -0.891. The number of benzene rings is 2. The summed E-state index contributed by atoms with van der Waals surface area (Å²) in [4.78, 5) is 53.7. The summed E-state index contributed by atoms with van der Waals surface area (Å²) >= 11 is 0. The van der Waals surface area contributed by atoms with Gasteiger partial charge < -0.3 is 19.4 Å². The number of ether oxygens (including phenoxy) is 1. The standard InChI is InChI=1S/C26H25N3O6/c1-3-34-25(32)18-9-11-19(12-10-18)27-23(30)15-22-24(31)29(20-7-4-6-17(2)14-20)26(33)28(22)16-21-8-5-13-35-21/h4-14,22H,3,15-16H2,1-2H3,(H,27,30)/t22-/m1/s1. The van der Waals surface area contributed by atoms with Crippen molar-refractivity contribution >= 4 is 35.2 Å². The van der Waals surface area contributed by atoms with Crippen molar-refractivity contribution in [2.75, 3.05) is 16.8 Å². The molecule has 1 saturated heterocycles. The Morgan fingerprint density at radius 1 is 1.06 bits per heavy atom. The molecule has 0 radical (unpaired) electrons. The smallest absolute Gasteiger partial charge is 0.338 e. The number of anilines is 2. The van der Waals surface area contributed by atoms with Crippen molar-refractivity contribution in [1.29, 1.82) is 0 Å². The van der Waals surface area contributed by atoms with Crippen molar-refractivity contribution < 1.29 is 28.3 Å². The number of rotatable bonds is 8. The van der Waals surface area contributed by atoms with Gasteiger partial charge in [-0.25, -0.2) is 14.5 Å². The molecule has 1 aromatic heterocycles. The molecule has 0 saturated carbocycles. The monoisotopic (exact) mass is 475 g/mol. The largest absolute Gasteiger partial charge is 0.467 e. The highest BCUT2D eigenvalue weighted by atomic mass is 16.5. The molecule has 0 aliphatic carbocycles. The average molecular weight is 476 g/mol. The highest BCUT2D eigenvalue weighted by Gasteiger charge is 2.47. The Morgan fingerprint density at radius 2 is 1.83 bits per heavy atom. The molecule has 2 heterocycles. The van der Waals surface area contributed by atoms with E-state index in [1.165, 1.54) is 11.2 Å². The number of esters is 1. The van der Waals surface area contributed by atoms with Crippen LogP contribution in [0.15, 0.2) is 71.3 Å². The molecule has 1 atom stereocenters. The third-order valence-corrected chi connectivity index (χ3v) is 5.54. The fourth-order valence-corrected chi connectivity index (χ4v) is 3.88. The molecule has 2 aromatic carbocycles. The number of nitrogens with zero attached hydrogens (tertiary/aromatic N) is 2. The molecule has 0 bridgehead atoms. The van der Waals surface area contributed by atoms with Gasteiger partial charge in [0.05, 0.1) is 37.1 Å². The molecule has 180 valence electrons. The number of hydrogen-bond acceptors (Lipinski definition) is 6. The predicted molar refractivity (Wildman–Crippen MR) is 128 cm³/mol. The first-order valence-electron chi connectivity index (χ1n) is 11.2. The Kier molecular flexibility index (Phi) is 6.96. The second kappa shape index (κ2) is 10.3. The summed E-state index contributed by atoms with van der Waals surface area (Å²) in [5.41, 5.74) is 2.16. The van der Waals surface area contributed by atoms with Crippen LogP contribution in [0.5, 0.6) is 0 Å². The van der Waals surface area contributed by atoms with Gasteiger partial charge in [0.1, 0.15) is 11.8 Å². The van der Waals surface area contributed by atoms with E-state index < -0.39 is 29.9 Å². The third kappa shape index (κ3) is 5.24. The lowest BCUT2D eigenvalue weighted by molar-refractivity contribution is -0.124. The van der Waals surface area contributed by atoms with Crippen molar-refractivity contribution in [2.45, 2.75) is 32.9 Å². The predicted octanol–water partition coefficient (Wildman–Crippen LogP) is 4.13. The van der Waals surface area contributed by atoms with Crippen molar-refractivity contribution in [2.24, 2.45) is 0 Å². The van der Waals surface area contributed by atoms with Crippen LogP contribution in [0.3, 0.4) is 0 Å². The van der Waals surface area contributed by atoms with Gasteiger partial charge in [-0.1, -0.05) is 12.1 Å². The Balaban J connectivity index is 1.52. The van der Waals surface area contributed by atoms with Crippen LogP contribution < -0.4 is 10.2 Å². The van der Waals surface area contributed by atoms with Gasteiger partial charge in [0.2, 0.25) is 5.91 Å². The van der Waals surface area contributed by atoms with Gasteiger partial charge in [-0.2, -0.15) is 0 Å². The van der Waals surface area contributed by atoms with Crippen molar-refractivity contribution in [3.63, 3.8) is 0 Å². The lowest BCUT2D eigenvalue weighted by atomic mass is 10.1. The van der Waals surface area contributed by atoms with E-state index in [9.17, 15) is 19.2 Å². The molecule has 1 aliphatic heterocycles. The number of amides is 4. The maximum absolute atomic E-state index is 13.3. The van der Waals surface area contributed by atoms with Gasteiger partial charge in [0.25, 0.3) is 5.91 Å². The second-order valence-corrected chi connectivity index (χ2v) is 8.07. The lowest BCUT2D eigenvalue weighted by Crippen LogP contribution is -2.37. The number of urea groups is 1. The van der Waals surface area contributed by atoms with Crippen LogP contribution in [0, 0.1) is 6.92 Å². The van der Waals surface area contributed by atoms with Crippen LogP contribution in [0.1, 0.15) is 35.0 Å². The van der Waals surface area contributed by atoms with Crippen molar-refractivity contribution in [3.8, 4) is 0 Å². The highest BCUT2D eigenvalue weighted by Crippen LogP contribution is 2.29. The van der Waals surface area contributed by atoms with E-state index in [0.29, 0.717) is 22.7 Å².